The molecule has 9 heteroatoms. The Hall–Kier alpha value is -3.91. The number of para-hydroxylation sites is 2. The molecule has 0 aliphatic heterocycles. The highest BCUT2D eigenvalue weighted by molar-refractivity contribution is 6.30. The van der Waals surface area contributed by atoms with E-state index in [-0.39, 0.29) is 17.6 Å². The van der Waals surface area contributed by atoms with Gasteiger partial charge in [-0.25, -0.2) is 9.78 Å². The molecular formula is C29H29ClN6O2. The Morgan fingerprint density at radius 3 is 2.58 bits per heavy atom. The summed E-state index contributed by atoms with van der Waals surface area (Å²) in [6.45, 7) is 2.46. The summed E-state index contributed by atoms with van der Waals surface area (Å²) in [4.78, 5) is 35.2. The van der Waals surface area contributed by atoms with Gasteiger partial charge in [0.1, 0.15) is 0 Å². The maximum absolute atomic E-state index is 13.8. The third kappa shape index (κ3) is 4.39. The number of amides is 1. The first kappa shape index (κ1) is 24.4. The summed E-state index contributed by atoms with van der Waals surface area (Å²) in [5, 5.41) is 3.61. The molecule has 0 bridgehead atoms. The summed E-state index contributed by atoms with van der Waals surface area (Å²) in [6.07, 6.45) is 6.94. The van der Waals surface area contributed by atoms with Gasteiger partial charge in [-0.05, 0) is 74.9 Å². The summed E-state index contributed by atoms with van der Waals surface area (Å²) in [5.41, 5.74) is 5.65. The van der Waals surface area contributed by atoms with Crippen molar-refractivity contribution in [1.29, 1.82) is 0 Å². The lowest BCUT2D eigenvalue weighted by Gasteiger charge is -2.29. The number of rotatable bonds is 5. The summed E-state index contributed by atoms with van der Waals surface area (Å²) < 4.78 is 5.66. The molecule has 5 aromatic rings. The van der Waals surface area contributed by atoms with E-state index in [4.69, 9.17) is 11.6 Å². The van der Waals surface area contributed by atoms with Crippen molar-refractivity contribution in [2.24, 2.45) is 13.0 Å². The van der Waals surface area contributed by atoms with Crippen LogP contribution in [0.1, 0.15) is 41.7 Å². The second-order valence-corrected chi connectivity index (χ2v) is 10.7. The van der Waals surface area contributed by atoms with Gasteiger partial charge in [0.15, 0.2) is 0 Å². The number of carbonyl (C=O) groups is 1. The van der Waals surface area contributed by atoms with E-state index < -0.39 is 0 Å². The van der Waals surface area contributed by atoms with E-state index in [0.717, 1.165) is 53.4 Å². The van der Waals surface area contributed by atoms with Gasteiger partial charge in [-0.3, -0.25) is 18.9 Å². The molecule has 0 spiro atoms. The predicted octanol–water partition coefficient (Wildman–Crippen LogP) is 5.02. The van der Waals surface area contributed by atoms with Gasteiger partial charge in [-0.15, -0.1) is 0 Å². The molecule has 194 valence electrons. The molecule has 1 amide bonds. The number of hydrogen-bond donors (Lipinski definition) is 1. The number of aryl methyl sites for hydroxylation is 2. The Morgan fingerprint density at radius 1 is 1.03 bits per heavy atom. The minimum absolute atomic E-state index is 0.0409. The summed E-state index contributed by atoms with van der Waals surface area (Å²) in [6, 6.07) is 15.7. The Labute approximate surface area is 224 Å². The molecule has 1 saturated carbocycles. The molecule has 3 heterocycles. The molecule has 8 nitrogen and oxygen atoms in total. The quantitative estimate of drug-likeness (QED) is 0.347. The zero-order valence-electron chi connectivity index (χ0n) is 21.4. The van der Waals surface area contributed by atoms with Gasteiger partial charge in [0.2, 0.25) is 0 Å². The number of nitrogens with zero attached hydrogens (tertiary/aromatic N) is 5. The molecule has 1 aliphatic carbocycles. The number of imidazole rings is 2. The van der Waals surface area contributed by atoms with Crippen LogP contribution in [0.15, 0.2) is 65.8 Å². The third-order valence-electron chi connectivity index (χ3n) is 7.72. The van der Waals surface area contributed by atoms with Crippen LogP contribution < -0.4 is 11.0 Å². The Balaban J connectivity index is 1.20. The van der Waals surface area contributed by atoms with Gasteiger partial charge in [0.25, 0.3) is 5.91 Å². The molecule has 1 N–H and O–H groups in total. The molecule has 2 aromatic carbocycles. The normalized spacial score (nSPS) is 17.8. The Morgan fingerprint density at radius 2 is 1.79 bits per heavy atom. The molecule has 1 fully saturated rings. The number of benzene rings is 2. The van der Waals surface area contributed by atoms with Crippen molar-refractivity contribution in [1.82, 2.24) is 29.0 Å². The fraction of sp³-hybridized carbons (Fsp3) is 0.310. The second kappa shape index (κ2) is 9.76. The van der Waals surface area contributed by atoms with E-state index in [1.54, 1.807) is 23.2 Å². The number of hydrogen-bond acceptors (Lipinski definition) is 4. The molecular weight excluding hydrogens is 500 g/mol. The molecule has 0 radical (unpaired) electrons. The highest BCUT2D eigenvalue weighted by Gasteiger charge is 2.26. The first-order valence-corrected chi connectivity index (χ1v) is 13.3. The molecule has 0 saturated heterocycles. The molecule has 0 atom stereocenters. The summed E-state index contributed by atoms with van der Waals surface area (Å²) >= 11 is 6.05. The lowest BCUT2D eigenvalue weighted by atomic mass is 9.85. The Bertz CT molecular complexity index is 1720. The highest BCUT2D eigenvalue weighted by Crippen LogP contribution is 2.28. The monoisotopic (exact) mass is 528 g/mol. The van der Waals surface area contributed by atoms with Crippen LogP contribution in [-0.2, 0) is 13.6 Å². The molecule has 1 aliphatic rings. The smallest absolute Gasteiger partial charge is 0.333 e. The first-order chi connectivity index (χ1) is 18.4. The van der Waals surface area contributed by atoms with Crippen molar-refractivity contribution in [3.8, 4) is 5.69 Å². The molecule has 38 heavy (non-hydrogen) atoms. The predicted molar refractivity (Wildman–Crippen MR) is 149 cm³/mol. The number of fused-ring (bicyclic) bond motifs is 2. The van der Waals surface area contributed by atoms with Gasteiger partial charge >= 0.3 is 5.69 Å². The average Bonchev–Trinajstić information content (AvgIpc) is 3.42. The van der Waals surface area contributed by atoms with Gasteiger partial charge in [0.05, 0.1) is 50.4 Å². The van der Waals surface area contributed by atoms with Crippen molar-refractivity contribution in [2.45, 2.75) is 45.2 Å². The summed E-state index contributed by atoms with van der Waals surface area (Å²) in [5.74, 6) is 0.220. The first-order valence-electron chi connectivity index (χ1n) is 12.9. The van der Waals surface area contributed by atoms with Crippen molar-refractivity contribution >= 4 is 39.6 Å². The van der Waals surface area contributed by atoms with E-state index in [0.29, 0.717) is 28.7 Å². The SMILES string of the molecule is Cc1ncc(Cl)cc1C(=O)NC1CCC(Cn2c(=O)n(-c3ccc4c(c3)ncn4C)c3ccccc32)CC1. The van der Waals surface area contributed by atoms with Gasteiger partial charge < -0.3 is 9.88 Å². The van der Waals surface area contributed by atoms with E-state index in [1.165, 1.54) is 0 Å². The highest BCUT2D eigenvalue weighted by atomic mass is 35.5. The number of halogens is 1. The fourth-order valence-electron chi connectivity index (χ4n) is 5.65. The lowest BCUT2D eigenvalue weighted by molar-refractivity contribution is 0.0919. The topological polar surface area (TPSA) is 86.7 Å². The van der Waals surface area contributed by atoms with Crippen LogP contribution in [-0.4, -0.2) is 35.6 Å². The van der Waals surface area contributed by atoms with Gasteiger partial charge in [-0.1, -0.05) is 23.7 Å². The lowest BCUT2D eigenvalue weighted by Crippen LogP contribution is -2.39. The zero-order chi connectivity index (χ0) is 26.4. The van der Waals surface area contributed by atoms with E-state index in [1.807, 2.05) is 65.6 Å². The van der Waals surface area contributed by atoms with Crippen LogP contribution >= 0.6 is 11.6 Å². The number of nitrogens with one attached hydrogen (secondary N) is 1. The van der Waals surface area contributed by atoms with Crippen LogP contribution in [0.4, 0.5) is 0 Å². The van der Waals surface area contributed by atoms with Crippen molar-refractivity contribution in [2.75, 3.05) is 0 Å². The number of carbonyl (C=O) groups excluding carboxylic acids is 1. The third-order valence-corrected chi connectivity index (χ3v) is 7.93. The zero-order valence-corrected chi connectivity index (χ0v) is 22.2. The maximum atomic E-state index is 13.8. The van der Waals surface area contributed by atoms with Crippen molar-refractivity contribution in [3.05, 3.63) is 87.8 Å². The Kier molecular flexibility index (Phi) is 6.27. The van der Waals surface area contributed by atoms with Gasteiger partial charge in [0, 0.05) is 25.8 Å². The van der Waals surface area contributed by atoms with Crippen molar-refractivity contribution in [3.63, 3.8) is 0 Å². The minimum Gasteiger partial charge on any atom is -0.349 e. The van der Waals surface area contributed by atoms with Crippen LogP contribution in [0.2, 0.25) is 5.02 Å². The van der Waals surface area contributed by atoms with Crippen molar-refractivity contribution < 1.29 is 4.79 Å². The van der Waals surface area contributed by atoms with Gasteiger partial charge in [-0.2, -0.15) is 0 Å². The molecule has 6 rings (SSSR count). The second-order valence-electron chi connectivity index (χ2n) is 10.2. The largest absolute Gasteiger partial charge is 0.349 e. The summed E-state index contributed by atoms with van der Waals surface area (Å²) in [7, 11) is 1.96. The van der Waals surface area contributed by atoms with Crippen LogP contribution in [0.25, 0.3) is 27.8 Å². The molecule has 0 unspecified atom stereocenters. The molecule has 3 aromatic heterocycles. The number of aromatic nitrogens is 5. The number of pyridine rings is 1. The average molecular weight is 529 g/mol. The van der Waals surface area contributed by atoms with E-state index in [2.05, 4.69) is 15.3 Å². The standard InChI is InChI=1S/C29H29ClN6O2/c1-18-23(13-20(30)15-31-18)28(37)33-21-9-7-19(8-10-21)16-35-26-5-3-4-6-27(26)36(29(35)38)22-11-12-25-24(14-22)32-17-34(25)2/h3-6,11-15,17,19,21H,7-10,16H2,1-2H3,(H,33,37). The fourth-order valence-corrected chi connectivity index (χ4v) is 5.80. The maximum Gasteiger partial charge on any atom is 0.333 e. The van der Waals surface area contributed by atoms with Crippen LogP contribution in [0.5, 0.6) is 0 Å². The van der Waals surface area contributed by atoms with Crippen LogP contribution in [0.3, 0.4) is 0 Å². The van der Waals surface area contributed by atoms with E-state index >= 15 is 0 Å². The van der Waals surface area contributed by atoms with Crippen LogP contribution in [0, 0.1) is 12.8 Å². The van der Waals surface area contributed by atoms with E-state index in [9.17, 15) is 9.59 Å². The minimum atomic E-state index is -0.134.